The number of aliphatic hydroxyl groups is 1. The van der Waals surface area contributed by atoms with Gasteiger partial charge in [-0.25, -0.2) is 0 Å². The molecule has 7 heteroatoms. The molecule has 0 saturated heterocycles. The lowest BCUT2D eigenvalue weighted by Gasteiger charge is -2.09. The highest BCUT2D eigenvalue weighted by atomic mass is 35.5. The van der Waals surface area contributed by atoms with Crippen LogP contribution < -0.4 is 5.32 Å². The van der Waals surface area contributed by atoms with Gasteiger partial charge in [0.1, 0.15) is 0 Å². The van der Waals surface area contributed by atoms with Crippen molar-refractivity contribution in [2.45, 2.75) is 6.92 Å². The first-order valence-corrected chi connectivity index (χ1v) is 5.66. The van der Waals surface area contributed by atoms with Crippen LogP contribution in [0.2, 0.25) is 5.02 Å². The molecule has 1 rings (SSSR count). The van der Waals surface area contributed by atoms with Gasteiger partial charge in [0.05, 0.1) is 4.92 Å². The molecule has 18 heavy (non-hydrogen) atoms. The molecule has 0 saturated carbocycles. The SMILES string of the molecule is CC(CO)CNC(=O)c1cc(Cl)cc([N+](=O)[O-])c1. The van der Waals surface area contributed by atoms with Gasteiger partial charge in [-0.05, 0) is 12.0 Å². The molecule has 0 spiro atoms. The molecule has 0 aliphatic rings. The quantitative estimate of drug-likeness (QED) is 0.629. The van der Waals surface area contributed by atoms with Crippen molar-refractivity contribution in [1.29, 1.82) is 0 Å². The number of amides is 1. The van der Waals surface area contributed by atoms with Crippen LogP contribution in [0.1, 0.15) is 17.3 Å². The second-order valence-electron chi connectivity index (χ2n) is 3.95. The van der Waals surface area contributed by atoms with Gasteiger partial charge in [0.15, 0.2) is 0 Å². The molecule has 1 atom stereocenters. The number of aliphatic hydroxyl groups excluding tert-OH is 1. The van der Waals surface area contributed by atoms with E-state index in [-0.39, 0.29) is 35.3 Å². The number of rotatable bonds is 5. The molecule has 0 aliphatic heterocycles. The number of nitro groups is 1. The number of hydrogen-bond acceptors (Lipinski definition) is 4. The fourth-order valence-electron chi connectivity index (χ4n) is 1.24. The number of nitrogens with zero attached hydrogens (tertiary/aromatic N) is 1. The summed E-state index contributed by atoms with van der Waals surface area (Å²) >= 11 is 5.70. The zero-order valence-corrected chi connectivity index (χ0v) is 10.5. The molecule has 1 unspecified atom stereocenters. The molecule has 0 heterocycles. The lowest BCUT2D eigenvalue weighted by molar-refractivity contribution is -0.384. The highest BCUT2D eigenvalue weighted by Gasteiger charge is 2.14. The predicted molar refractivity (Wildman–Crippen MR) is 66.7 cm³/mol. The molecular weight excluding hydrogens is 260 g/mol. The van der Waals surface area contributed by atoms with Crippen molar-refractivity contribution in [3.8, 4) is 0 Å². The van der Waals surface area contributed by atoms with Gasteiger partial charge in [0, 0.05) is 35.9 Å². The van der Waals surface area contributed by atoms with E-state index in [0.717, 1.165) is 6.07 Å². The van der Waals surface area contributed by atoms with Crippen molar-refractivity contribution in [3.63, 3.8) is 0 Å². The van der Waals surface area contributed by atoms with Crippen LogP contribution in [-0.2, 0) is 0 Å². The summed E-state index contributed by atoms with van der Waals surface area (Å²) in [5, 5.41) is 22.1. The molecule has 0 aromatic heterocycles. The number of benzene rings is 1. The van der Waals surface area contributed by atoms with E-state index in [1.165, 1.54) is 12.1 Å². The van der Waals surface area contributed by atoms with E-state index in [1.54, 1.807) is 6.92 Å². The van der Waals surface area contributed by atoms with Gasteiger partial charge in [-0.15, -0.1) is 0 Å². The van der Waals surface area contributed by atoms with Crippen molar-refractivity contribution in [2.75, 3.05) is 13.2 Å². The zero-order valence-electron chi connectivity index (χ0n) is 9.72. The predicted octanol–water partition coefficient (Wildman–Crippen LogP) is 1.61. The summed E-state index contributed by atoms with van der Waals surface area (Å²) in [6.07, 6.45) is 0. The lowest BCUT2D eigenvalue weighted by atomic mass is 10.1. The van der Waals surface area contributed by atoms with Crippen LogP contribution in [0, 0.1) is 16.0 Å². The summed E-state index contributed by atoms with van der Waals surface area (Å²) in [5.41, 5.74) is -0.109. The lowest BCUT2D eigenvalue weighted by Crippen LogP contribution is -2.29. The van der Waals surface area contributed by atoms with Crippen LogP contribution in [0.4, 0.5) is 5.69 Å². The number of nitrogens with one attached hydrogen (secondary N) is 1. The summed E-state index contributed by atoms with van der Waals surface area (Å²) in [6.45, 7) is 2.01. The van der Waals surface area contributed by atoms with Gasteiger partial charge in [-0.3, -0.25) is 14.9 Å². The van der Waals surface area contributed by atoms with Crippen LogP contribution >= 0.6 is 11.6 Å². The highest BCUT2D eigenvalue weighted by molar-refractivity contribution is 6.31. The van der Waals surface area contributed by atoms with Crippen LogP contribution in [0.3, 0.4) is 0 Å². The molecule has 0 radical (unpaired) electrons. The van der Waals surface area contributed by atoms with Gasteiger partial charge < -0.3 is 10.4 Å². The Morgan fingerprint density at radius 3 is 2.78 bits per heavy atom. The van der Waals surface area contributed by atoms with Gasteiger partial charge in [-0.2, -0.15) is 0 Å². The smallest absolute Gasteiger partial charge is 0.271 e. The molecule has 2 N–H and O–H groups in total. The Morgan fingerprint density at radius 2 is 2.22 bits per heavy atom. The third kappa shape index (κ3) is 3.97. The number of non-ortho nitro benzene ring substituents is 1. The minimum Gasteiger partial charge on any atom is -0.396 e. The number of halogens is 1. The highest BCUT2D eigenvalue weighted by Crippen LogP contribution is 2.20. The average Bonchev–Trinajstić information content (AvgIpc) is 2.34. The monoisotopic (exact) mass is 272 g/mol. The van der Waals surface area contributed by atoms with Gasteiger partial charge in [-0.1, -0.05) is 18.5 Å². The molecule has 6 nitrogen and oxygen atoms in total. The van der Waals surface area contributed by atoms with E-state index in [2.05, 4.69) is 5.32 Å². The molecule has 1 aromatic carbocycles. The maximum atomic E-state index is 11.7. The van der Waals surface area contributed by atoms with E-state index in [0.29, 0.717) is 0 Å². The summed E-state index contributed by atoms with van der Waals surface area (Å²) in [4.78, 5) is 21.7. The Kier molecular flexibility index (Phi) is 5.06. The normalized spacial score (nSPS) is 11.9. The largest absolute Gasteiger partial charge is 0.396 e. The van der Waals surface area contributed by atoms with Crippen molar-refractivity contribution in [3.05, 3.63) is 38.9 Å². The third-order valence-corrected chi connectivity index (χ3v) is 2.50. The van der Waals surface area contributed by atoms with Gasteiger partial charge in [0.25, 0.3) is 11.6 Å². The first kappa shape index (κ1) is 14.4. The summed E-state index contributed by atoms with van der Waals surface area (Å²) in [6, 6.07) is 3.69. The molecule has 0 fully saturated rings. The molecule has 0 aliphatic carbocycles. The Balaban J connectivity index is 2.82. The summed E-state index contributed by atoms with van der Waals surface area (Å²) in [5.74, 6) is -0.538. The Labute approximate surface area is 109 Å². The maximum absolute atomic E-state index is 11.7. The standard InChI is InChI=1S/C11H13ClN2O4/c1-7(6-15)5-13-11(16)8-2-9(12)4-10(3-8)14(17)18/h2-4,7,15H,5-6H2,1H3,(H,13,16). The number of carbonyl (C=O) groups excluding carboxylic acids is 1. The number of nitro benzene ring substituents is 1. The van der Waals surface area contributed by atoms with Crippen LogP contribution in [0.15, 0.2) is 18.2 Å². The van der Waals surface area contributed by atoms with Crippen LogP contribution in [-0.4, -0.2) is 29.1 Å². The van der Waals surface area contributed by atoms with Crippen molar-refractivity contribution in [2.24, 2.45) is 5.92 Å². The molecule has 98 valence electrons. The fourth-order valence-corrected chi connectivity index (χ4v) is 1.47. The zero-order chi connectivity index (χ0) is 13.7. The van der Waals surface area contributed by atoms with Crippen molar-refractivity contribution >= 4 is 23.2 Å². The molecule has 0 bridgehead atoms. The van der Waals surface area contributed by atoms with Crippen molar-refractivity contribution < 1.29 is 14.8 Å². The average molecular weight is 273 g/mol. The van der Waals surface area contributed by atoms with E-state index >= 15 is 0 Å². The van der Waals surface area contributed by atoms with Gasteiger partial charge in [0.2, 0.25) is 0 Å². The van der Waals surface area contributed by atoms with E-state index in [9.17, 15) is 14.9 Å². The first-order chi connectivity index (χ1) is 8.43. The summed E-state index contributed by atoms with van der Waals surface area (Å²) < 4.78 is 0. The van der Waals surface area contributed by atoms with E-state index < -0.39 is 10.8 Å². The Hall–Kier alpha value is -1.66. The third-order valence-electron chi connectivity index (χ3n) is 2.28. The number of hydrogen-bond donors (Lipinski definition) is 2. The second kappa shape index (κ2) is 6.32. The minimum absolute atomic E-state index is 0.0457. The first-order valence-electron chi connectivity index (χ1n) is 5.28. The topological polar surface area (TPSA) is 92.5 Å². The second-order valence-corrected chi connectivity index (χ2v) is 4.39. The maximum Gasteiger partial charge on any atom is 0.271 e. The Morgan fingerprint density at radius 1 is 1.56 bits per heavy atom. The molecule has 1 aromatic rings. The van der Waals surface area contributed by atoms with E-state index in [4.69, 9.17) is 16.7 Å². The van der Waals surface area contributed by atoms with E-state index in [1.807, 2.05) is 0 Å². The van der Waals surface area contributed by atoms with Gasteiger partial charge >= 0.3 is 0 Å². The summed E-state index contributed by atoms with van der Waals surface area (Å²) in [7, 11) is 0. The van der Waals surface area contributed by atoms with Crippen LogP contribution in [0.5, 0.6) is 0 Å². The fraction of sp³-hybridized carbons (Fsp3) is 0.364. The minimum atomic E-state index is -0.612. The Bertz CT molecular complexity index is 464. The number of carbonyl (C=O) groups is 1. The van der Waals surface area contributed by atoms with Crippen molar-refractivity contribution in [1.82, 2.24) is 5.32 Å². The van der Waals surface area contributed by atoms with Crippen LogP contribution in [0.25, 0.3) is 0 Å². The molecular formula is C11H13ClN2O4. The molecule has 1 amide bonds.